The van der Waals surface area contributed by atoms with Gasteiger partial charge in [0.2, 0.25) is 0 Å². The molecular weight excluding hydrogens is 357 g/mol. The van der Waals surface area contributed by atoms with E-state index in [0.29, 0.717) is 5.75 Å². The van der Waals surface area contributed by atoms with Crippen LogP contribution in [0.2, 0.25) is 0 Å². The summed E-state index contributed by atoms with van der Waals surface area (Å²) in [6.45, 7) is 1.93. The van der Waals surface area contributed by atoms with Crippen LogP contribution in [0.3, 0.4) is 0 Å². The molecule has 0 aliphatic heterocycles. The number of nitro groups is 1. The van der Waals surface area contributed by atoms with Crippen molar-refractivity contribution >= 4 is 11.4 Å². The van der Waals surface area contributed by atoms with Gasteiger partial charge in [-0.15, -0.1) is 0 Å². The highest BCUT2D eigenvalue weighted by Crippen LogP contribution is 2.18. The molecule has 0 radical (unpaired) electrons. The number of anilines is 1. The molecule has 0 bridgehead atoms. The van der Waals surface area contributed by atoms with Crippen molar-refractivity contribution in [2.75, 3.05) is 26.6 Å². The Morgan fingerprint density at radius 1 is 1.12 bits per heavy atom. The standard InChI is InChI=1S/C7H7NO3.C7H9NO.C2H6O.F2.FH.H2/c1-11-7-4-2-3-6(5-7)8(9)10;1-9-7-4-2-3-6(8)5-7;1-2-3;1-2;;/h2-5H,1H3;2-5H,8H2,1H3;3H,2H2,1H3;;2*1H. The molecule has 26 heavy (non-hydrogen) atoms. The van der Waals surface area contributed by atoms with Gasteiger partial charge in [-0.1, -0.05) is 12.1 Å². The zero-order valence-corrected chi connectivity index (χ0v) is 14.6. The summed E-state index contributed by atoms with van der Waals surface area (Å²) in [5.74, 6) is 1.30. The number of ether oxygens (including phenoxy) is 2. The molecule has 0 aliphatic rings. The average Bonchev–Trinajstić information content (AvgIpc) is 2.64. The fourth-order valence-electron chi connectivity index (χ4n) is 1.37. The number of non-ortho nitro benzene ring substituents is 1. The first-order valence-corrected chi connectivity index (χ1v) is 6.91. The molecule has 0 atom stereocenters. The maximum absolute atomic E-state index is 10.2. The minimum atomic E-state index is -0.456. The molecule has 0 saturated carbocycles. The number of methoxy groups -OCH3 is 2. The lowest BCUT2D eigenvalue weighted by molar-refractivity contribution is -0.384. The third-order valence-electron chi connectivity index (χ3n) is 2.36. The van der Waals surface area contributed by atoms with Gasteiger partial charge in [0.15, 0.2) is 0 Å². The van der Waals surface area contributed by atoms with E-state index in [-0.39, 0.29) is 18.4 Å². The zero-order chi connectivity index (χ0) is 19.7. The van der Waals surface area contributed by atoms with Gasteiger partial charge in [-0.3, -0.25) is 14.8 Å². The molecule has 0 aromatic heterocycles. The molecule has 0 spiro atoms. The van der Waals surface area contributed by atoms with Gasteiger partial charge in [-0.2, -0.15) is 0 Å². The topological polar surface area (TPSA) is 108 Å². The van der Waals surface area contributed by atoms with E-state index in [1.807, 2.05) is 18.2 Å². The zero-order valence-electron chi connectivity index (χ0n) is 14.6. The summed E-state index contributed by atoms with van der Waals surface area (Å²) in [4.78, 5) is 9.76. The quantitative estimate of drug-likeness (QED) is 0.470. The van der Waals surface area contributed by atoms with Crippen molar-refractivity contribution in [3.8, 4) is 11.5 Å². The summed E-state index contributed by atoms with van der Waals surface area (Å²) in [6.07, 6.45) is 0. The molecule has 0 aliphatic carbocycles. The summed E-state index contributed by atoms with van der Waals surface area (Å²) in [6, 6.07) is 13.3. The minimum absolute atomic E-state index is 0. The molecule has 0 heterocycles. The maximum atomic E-state index is 10.2. The normalized spacial score (nSPS) is 7.92. The number of aliphatic hydroxyl groups is 1. The van der Waals surface area contributed by atoms with Gasteiger partial charge in [-0.25, -0.2) is 0 Å². The van der Waals surface area contributed by atoms with Gasteiger partial charge in [0.05, 0.1) is 25.2 Å². The third-order valence-corrected chi connectivity index (χ3v) is 2.36. The highest BCUT2D eigenvalue weighted by molar-refractivity contribution is 5.43. The van der Waals surface area contributed by atoms with E-state index in [9.17, 15) is 10.1 Å². The predicted molar refractivity (Wildman–Crippen MR) is 96.6 cm³/mol. The molecule has 2 rings (SSSR count). The number of nitrogen functional groups attached to an aromatic ring is 1. The van der Waals surface area contributed by atoms with Gasteiger partial charge < -0.3 is 20.3 Å². The van der Waals surface area contributed by atoms with Crippen LogP contribution in [-0.2, 0) is 0 Å². The average molecular weight is 382 g/mol. The molecule has 3 N–H and O–H groups in total. The number of nitrogens with zero attached hydrogens (tertiary/aromatic N) is 1. The van der Waals surface area contributed by atoms with E-state index in [2.05, 4.69) is 0 Å². The Bertz CT molecular complexity index is 610. The minimum Gasteiger partial charge on any atom is -0.497 e. The molecule has 0 saturated heterocycles. The first-order chi connectivity index (χ1) is 12.0. The number of hydrogen-bond donors (Lipinski definition) is 2. The van der Waals surface area contributed by atoms with E-state index in [4.69, 9.17) is 29.5 Å². The van der Waals surface area contributed by atoms with Crippen LogP contribution >= 0.6 is 0 Å². The Kier molecular flexibility index (Phi) is 19.6. The number of aliphatic hydroxyl groups excluding tert-OH is 1. The van der Waals surface area contributed by atoms with Gasteiger partial charge in [0.1, 0.15) is 11.5 Å². The van der Waals surface area contributed by atoms with Crippen LogP contribution in [0.15, 0.2) is 48.5 Å². The molecule has 0 fully saturated rings. The van der Waals surface area contributed by atoms with Crippen LogP contribution in [0.1, 0.15) is 8.35 Å². The lowest BCUT2D eigenvalue weighted by Crippen LogP contribution is -1.88. The number of benzene rings is 2. The van der Waals surface area contributed by atoms with Crippen LogP contribution in [-0.4, -0.2) is 30.9 Å². The molecule has 7 nitrogen and oxygen atoms in total. The van der Waals surface area contributed by atoms with Crippen LogP contribution in [0.5, 0.6) is 11.5 Å². The molecule has 2 aromatic rings. The number of nitrogens with two attached hydrogens (primary N) is 1. The molecule has 2 aromatic carbocycles. The summed E-state index contributed by atoms with van der Waals surface area (Å²) < 4.78 is 25.7. The Hall–Kier alpha value is -3.01. The van der Waals surface area contributed by atoms with Crippen molar-refractivity contribution in [2.45, 2.75) is 6.92 Å². The highest BCUT2D eigenvalue weighted by Gasteiger charge is 2.04. The molecule has 10 heteroatoms. The fourth-order valence-corrected chi connectivity index (χ4v) is 1.37. The summed E-state index contributed by atoms with van der Waals surface area (Å²) in [5.41, 5.74) is 6.23. The highest BCUT2D eigenvalue weighted by atomic mass is 20.0. The van der Waals surface area contributed by atoms with Crippen LogP contribution < -0.4 is 15.2 Å². The van der Waals surface area contributed by atoms with E-state index in [0.717, 1.165) is 11.4 Å². The second kappa shape index (κ2) is 18.3. The maximum Gasteiger partial charge on any atom is 0.273 e. The number of rotatable bonds is 3. The summed E-state index contributed by atoms with van der Waals surface area (Å²) in [7, 11) is 3.09. The first-order valence-electron chi connectivity index (χ1n) is 6.91. The second-order valence-corrected chi connectivity index (χ2v) is 4.05. The Balaban J connectivity index is -0.000000151. The van der Waals surface area contributed by atoms with Crippen LogP contribution in [0.25, 0.3) is 0 Å². The smallest absolute Gasteiger partial charge is 0.273 e. The van der Waals surface area contributed by atoms with Crippen molar-refractivity contribution in [1.29, 1.82) is 0 Å². The Morgan fingerprint density at radius 2 is 1.54 bits per heavy atom. The van der Waals surface area contributed by atoms with E-state index in [1.165, 1.54) is 19.2 Å². The lowest BCUT2D eigenvalue weighted by atomic mass is 10.3. The van der Waals surface area contributed by atoms with Crippen molar-refractivity contribution < 1.29 is 34.8 Å². The van der Waals surface area contributed by atoms with Crippen molar-refractivity contribution in [1.82, 2.24) is 0 Å². The second-order valence-electron chi connectivity index (χ2n) is 4.05. The molecular formula is C16H25F3N2O5. The van der Waals surface area contributed by atoms with Gasteiger partial charge in [0.25, 0.3) is 5.69 Å². The largest absolute Gasteiger partial charge is 0.497 e. The van der Waals surface area contributed by atoms with Crippen molar-refractivity contribution in [3.63, 3.8) is 0 Å². The number of halogens is 3. The van der Waals surface area contributed by atoms with E-state index < -0.39 is 4.92 Å². The Morgan fingerprint density at radius 3 is 1.88 bits per heavy atom. The number of hydrogen-bond acceptors (Lipinski definition) is 6. The predicted octanol–water partition coefficient (Wildman–Crippen LogP) is 4.12. The fraction of sp³-hybridized carbons (Fsp3) is 0.250. The van der Waals surface area contributed by atoms with Gasteiger partial charge >= 0.3 is 0 Å². The van der Waals surface area contributed by atoms with Crippen LogP contribution in [0, 0.1) is 10.1 Å². The monoisotopic (exact) mass is 382 g/mol. The molecule has 150 valence electrons. The summed E-state index contributed by atoms with van der Waals surface area (Å²) in [5, 5.41) is 17.8. The van der Waals surface area contributed by atoms with E-state index >= 15 is 0 Å². The third kappa shape index (κ3) is 13.4. The van der Waals surface area contributed by atoms with E-state index in [1.54, 1.807) is 32.2 Å². The Labute approximate surface area is 150 Å². The molecule has 0 amide bonds. The van der Waals surface area contributed by atoms with Crippen LogP contribution in [0.4, 0.5) is 25.2 Å². The lowest BCUT2D eigenvalue weighted by Gasteiger charge is -1.97. The van der Waals surface area contributed by atoms with Gasteiger partial charge in [0, 0.05) is 35.0 Å². The number of nitro benzene ring substituents is 1. The summed E-state index contributed by atoms with van der Waals surface area (Å²) >= 11 is 0. The SMILES string of the molecule is CCO.COc1cccc(N)c1.COc1cccc([N+](=O)[O-])c1.F.FF.[HH]. The van der Waals surface area contributed by atoms with Gasteiger partial charge in [-0.05, 0) is 25.1 Å². The van der Waals surface area contributed by atoms with Crippen molar-refractivity contribution in [2.24, 2.45) is 0 Å². The molecule has 0 unspecified atom stereocenters. The first kappa shape index (κ1) is 27.8. The van der Waals surface area contributed by atoms with Crippen molar-refractivity contribution in [3.05, 3.63) is 58.6 Å².